The SMILES string of the molecule is COC(=O)CC1N=C(c2ccc(-c3ccc(OCC(=O)NC(C(=O)N4C[C@H](O)C[C@H]4C(=O)N[C@@H](C)c4ccc(-c5scnc5C)cc4)C(C)(C)C)c(C#N)c3)cc2)c2c(sc(C)c2C)-n2c(C)nnc21. The van der Waals surface area contributed by atoms with E-state index in [0.29, 0.717) is 17.4 Å². The fourth-order valence-electron chi connectivity index (χ4n) is 8.87. The number of aryl methyl sites for hydroxylation is 3. The number of β-amino-alcohol motifs (C(OH)–C–C–N with tert-alkyl or cyclic N) is 1. The first kappa shape index (κ1) is 49.4. The number of methoxy groups -OCH3 is 1. The van der Waals surface area contributed by atoms with Crippen molar-refractivity contribution in [1.82, 2.24) is 35.3 Å². The molecule has 0 aliphatic carbocycles. The fourth-order valence-corrected chi connectivity index (χ4v) is 10.9. The molecule has 16 nitrogen and oxygen atoms in total. The van der Waals surface area contributed by atoms with Crippen LogP contribution in [0.15, 0.2) is 77.2 Å². The Morgan fingerprint density at radius 3 is 2.29 bits per heavy atom. The first-order chi connectivity index (χ1) is 33.4. The van der Waals surface area contributed by atoms with E-state index in [1.807, 2.05) is 73.9 Å². The summed E-state index contributed by atoms with van der Waals surface area (Å²) in [5.74, 6) is -0.500. The van der Waals surface area contributed by atoms with E-state index in [1.165, 1.54) is 12.0 Å². The number of rotatable bonds is 13. The van der Waals surface area contributed by atoms with Crippen LogP contribution in [0.25, 0.3) is 26.6 Å². The molecule has 2 aliphatic rings. The van der Waals surface area contributed by atoms with E-state index in [0.717, 1.165) is 59.4 Å². The van der Waals surface area contributed by atoms with Crippen LogP contribution in [0.3, 0.4) is 0 Å². The number of nitrogens with zero attached hydrogens (tertiary/aromatic N) is 7. The number of aliphatic hydroxyl groups is 1. The highest BCUT2D eigenvalue weighted by Gasteiger charge is 2.45. The number of nitriles is 1. The van der Waals surface area contributed by atoms with Gasteiger partial charge in [0.25, 0.3) is 5.91 Å². The van der Waals surface area contributed by atoms with Gasteiger partial charge in [-0.25, -0.2) is 4.98 Å². The highest BCUT2D eigenvalue weighted by atomic mass is 32.1. The van der Waals surface area contributed by atoms with Gasteiger partial charge in [0.15, 0.2) is 12.4 Å². The van der Waals surface area contributed by atoms with Crippen LogP contribution < -0.4 is 15.4 Å². The van der Waals surface area contributed by atoms with Crippen molar-refractivity contribution in [2.45, 2.75) is 98.5 Å². The van der Waals surface area contributed by atoms with E-state index in [-0.39, 0.29) is 36.7 Å². The smallest absolute Gasteiger partial charge is 0.308 e. The highest BCUT2D eigenvalue weighted by Crippen LogP contribution is 2.40. The molecule has 2 aliphatic heterocycles. The molecule has 70 heavy (non-hydrogen) atoms. The van der Waals surface area contributed by atoms with Gasteiger partial charge in [0.2, 0.25) is 11.8 Å². The van der Waals surface area contributed by atoms with Crippen molar-refractivity contribution >= 4 is 52.1 Å². The molecule has 2 unspecified atom stereocenters. The molecule has 362 valence electrons. The summed E-state index contributed by atoms with van der Waals surface area (Å²) in [5, 5.41) is 36.5. The molecule has 6 aromatic rings. The van der Waals surface area contributed by atoms with Crippen molar-refractivity contribution in [2.75, 3.05) is 20.3 Å². The minimum Gasteiger partial charge on any atom is -0.482 e. The molecular weight excluding hydrogens is 927 g/mol. The third kappa shape index (κ3) is 10.0. The standard InChI is InChI=1S/C52H55N9O7S2/c1-27-30(4)70-51-44(27)45(56-39(22-43(64)67-9)48-59-58-31(5)61(48)51)34-14-12-33(13-15-34)36-18-19-41(37(20-36)23-53)68-25-42(63)57-47(52(6,7)8)50(66)60-24-38(62)21-40(60)49(65)55-28(2)32-10-16-35(17-11-32)46-29(3)54-26-69-46/h10-20,26,28,38-40,47,62H,21-22,24-25H2,1-9H3,(H,55,65)(H,57,63)/t28-,38+,39?,40-,47?/m0/s1. The lowest BCUT2D eigenvalue weighted by atomic mass is 9.85. The monoisotopic (exact) mass is 981 g/mol. The molecule has 5 heterocycles. The Balaban J connectivity index is 0.936. The summed E-state index contributed by atoms with van der Waals surface area (Å²) in [4.78, 5) is 67.2. The van der Waals surface area contributed by atoms with Crippen LogP contribution >= 0.6 is 22.7 Å². The quantitative estimate of drug-likeness (QED) is 0.0968. The van der Waals surface area contributed by atoms with Gasteiger partial charge in [-0.05, 0) is 80.0 Å². The number of aromatic nitrogens is 4. The molecule has 0 saturated carbocycles. The van der Waals surface area contributed by atoms with Gasteiger partial charge >= 0.3 is 5.97 Å². The summed E-state index contributed by atoms with van der Waals surface area (Å²) in [7, 11) is 1.35. The lowest BCUT2D eigenvalue weighted by Crippen LogP contribution is -2.58. The van der Waals surface area contributed by atoms with Crippen LogP contribution in [0.4, 0.5) is 0 Å². The molecule has 3 amide bonds. The number of esters is 1. The van der Waals surface area contributed by atoms with Crippen molar-refractivity contribution in [3.63, 3.8) is 0 Å². The third-order valence-corrected chi connectivity index (χ3v) is 15.0. The van der Waals surface area contributed by atoms with Crippen LogP contribution in [0.5, 0.6) is 5.75 Å². The zero-order valence-corrected chi connectivity index (χ0v) is 42.1. The summed E-state index contributed by atoms with van der Waals surface area (Å²) in [6.07, 6.45) is -0.892. The molecule has 3 N–H and O–H groups in total. The number of aliphatic hydroxyl groups excluding tert-OH is 1. The molecule has 1 fully saturated rings. The fraction of sp³-hybridized carbons (Fsp3) is 0.365. The Labute approximate surface area is 414 Å². The predicted octanol–water partition coefficient (Wildman–Crippen LogP) is 7.43. The van der Waals surface area contributed by atoms with Crippen LogP contribution in [-0.2, 0) is 23.9 Å². The normalized spacial score (nSPS) is 17.3. The number of nitrogens with one attached hydrogen (secondary N) is 2. The van der Waals surface area contributed by atoms with Gasteiger partial charge in [0, 0.05) is 29.0 Å². The van der Waals surface area contributed by atoms with Gasteiger partial charge < -0.3 is 30.1 Å². The number of thiazole rings is 1. The largest absolute Gasteiger partial charge is 0.482 e. The van der Waals surface area contributed by atoms with Crippen LogP contribution in [-0.4, -0.2) is 97.6 Å². The maximum Gasteiger partial charge on any atom is 0.308 e. The number of amides is 3. The first-order valence-electron chi connectivity index (χ1n) is 22.9. The maximum absolute atomic E-state index is 14.3. The summed E-state index contributed by atoms with van der Waals surface area (Å²) < 4.78 is 12.9. The second-order valence-corrected chi connectivity index (χ2v) is 20.8. The van der Waals surface area contributed by atoms with Gasteiger partial charge in [0.05, 0.1) is 53.0 Å². The van der Waals surface area contributed by atoms with Gasteiger partial charge in [-0.3, -0.25) is 28.7 Å². The Morgan fingerprint density at radius 1 is 0.943 bits per heavy atom. The van der Waals surface area contributed by atoms with Crippen LogP contribution in [0, 0.1) is 44.4 Å². The molecule has 18 heteroatoms. The number of carbonyl (C=O) groups is 4. The summed E-state index contributed by atoms with van der Waals surface area (Å²) in [5.41, 5.74) is 9.15. The molecule has 0 radical (unpaired) electrons. The topological polar surface area (TPSA) is 214 Å². The van der Waals surface area contributed by atoms with Crippen molar-refractivity contribution < 1.29 is 33.8 Å². The molecule has 5 atom stereocenters. The first-order valence-corrected chi connectivity index (χ1v) is 24.6. The Morgan fingerprint density at radius 2 is 1.63 bits per heavy atom. The number of thiophene rings is 1. The van der Waals surface area contributed by atoms with Crippen molar-refractivity contribution in [2.24, 2.45) is 10.4 Å². The van der Waals surface area contributed by atoms with Crippen molar-refractivity contribution in [3.05, 3.63) is 122 Å². The van der Waals surface area contributed by atoms with E-state index in [1.54, 1.807) is 67.2 Å². The van der Waals surface area contributed by atoms with E-state index in [9.17, 15) is 29.5 Å². The van der Waals surface area contributed by atoms with Gasteiger partial charge in [0.1, 0.15) is 40.8 Å². The second-order valence-electron chi connectivity index (χ2n) is 18.7. The van der Waals surface area contributed by atoms with Crippen molar-refractivity contribution in [1.29, 1.82) is 5.26 Å². The van der Waals surface area contributed by atoms with E-state index in [2.05, 4.69) is 45.7 Å². The van der Waals surface area contributed by atoms with Gasteiger partial charge in [-0.15, -0.1) is 32.9 Å². The Hall–Kier alpha value is -7.07. The number of ether oxygens (including phenoxy) is 2. The zero-order chi connectivity index (χ0) is 50.2. The number of benzene rings is 3. The summed E-state index contributed by atoms with van der Waals surface area (Å²) in [6.45, 7) is 14.7. The van der Waals surface area contributed by atoms with E-state index >= 15 is 0 Å². The van der Waals surface area contributed by atoms with E-state index < -0.39 is 59.9 Å². The average molecular weight is 982 g/mol. The molecule has 3 aromatic heterocycles. The van der Waals surface area contributed by atoms with Gasteiger partial charge in [-0.1, -0.05) is 75.4 Å². The number of aliphatic imine (C=N–C) groups is 1. The molecule has 0 bridgehead atoms. The molecule has 0 spiro atoms. The Bertz CT molecular complexity index is 3050. The third-order valence-electron chi connectivity index (χ3n) is 12.8. The lowest BCUT2D eigenvalue weighted by molar-refractivity contribution is -0.144. The lowest BCUT2D eigenvalue weighted by Gasteiger charge is -2.35. The van der Waals surface area contributed by atoms with E-state index in [4.69, 9.17) is 14.5 Å². The summed E-state index contributed by atoms with van der Waals surface area (Å²) in [6, 6.07) is 19.9. The predicted molar refractivity (Wildman–Crippen MR) is 267 cm³/mol. The maximum atomic E-state index is 14.3. The Kier molecular flexibility index (Phi) is 14.2. The highest BCUT2D eigenvalue weighted by molar-refractivity contribution is 7.15. The number of carbonyl (C=O) groups excluding carboxylic acids is 4. The molecule has 8 rings (SSSR count). The minimum atomic E-state index is -1.07. The zero-order valence-electron chi connectivity index (χ0n) is 40.5. The second kappa shape index (κ2) is 20.1. The molecular formula is C52H55N9O7S2. The van der Waals surface area contributed by atoms with Crippen LogP contribution in [0.1, 0.15) is 103 Å². The number of hydrogen-bond acceptors (Lipinski definition) is 14. The molecule has 1 saturated heterocycles. The van der Waals surface area contributed by atoms with Crippen LogP contribution in [0.2, 0.25) is 0 Å². The number of likely N-dealkylation sites (tertiary alicyclic amines) is 1. The number of hydrogen-bond donors (Lipinski definition) is 3. The molecule has 3 aromatic carbocycles. The summed E-state index contributed by atoms with van der Waals surface area (Å²) >= 11 is 3.18. The van der Waals surface area contributed by atoms with Crippen molar-refractivity contribution in [3.8, 4) is 38.4 Å². The van der Waals surface area contributed by atoms with Gasteiger partial charge in [-0.2, -0.15) is 5.26 Å². The number of fused-ring (bicyclic) bond motifs is 3. The minimum absolute atomic E-state index is 0.0121. The average Bonchev–Trinajstić information content (AvgIpc) is 4.11.